The molecule has 3 aromatic carbocycles. The third kappa shape index (κ3) is 5.28. The van der Waals surface area contributed by atoms with Gasteiger partial charge in [-0.25, -0.2) is 9.59 Å². The number of hydrogen-bond acceptors (Lipinski definition) is 4. The number of amides is 1. The van der Waals surface area contributed by atoms with E-state index in [0.29, 0.717) is 16.4 Å². The maximum absolute atomic E-state index is 12.2. The molecule has 1 unspecified atom stereocenters. The van der Waals surface area contributed by atoms with Crippen molar-refractivity contribution in [1.29, 1.82) is 0 Å². The number of aliphatic carboxylic acids is 1. The maximum Gasteiger partial charge on any atom is 0.408 e. The first-order valence-electron chi connectivity index (χ1n) is 9.96. The van der Waals surface area contributed by atoms with E-state index in [9.17, 15) is 14.7 Å². The minimum atomic E-state index is -1.16. The molecule has 2 N–H and O–H groups in total. The minimum absolute atomic E-state index is 0.106. The smallest absolute Gasteiger partial charge is 0.408 e. The summed E-state index contributed by atoms with van der Waals surface area (Å²) in [5, 5.41) is 13.2. The summed E-state index contributed by atoms with van der Waals surface area (Å²) in [6, 6.07) is 23.2. The van der Waals surface area contributed by atoms with Crippen LogP contribution >= 0.6 is 11.6 Å². The van der Waals surface area contributed by atoms with Crippen molar-refractivity contribution >= 4 is 34.6 Å². The number of rotatable bonds is 7. The largest absolute Gasteiger partial charge is 0.480 e. The maximum atomic E-state index is 12.2. The van der Waals surface area contributed by atoms with Crippen molar-refractivity contribution in [3.63, 3.8) is 0 Å². The summed E-state index contributed by atoms with van der Waals surface area (Å²) in [4.78, 5) is 23.7. The van der Waals surface area contributed by atoms with Gasteiger partial charge in [-0.3, -0.25) is 0 Å². The van der Waals surface area contributed by atoms with Crippen LogP contribution in [0.3, 0.4) is 0 Å². The van der Waals surface area contributed by atoms with Gasteiger partial charge in [-0.2, -0.15) is 0 Å². The summed E-state index contributed by atoms with van der Waals surface area (Å²) >= 11 is 5.85. The molecular formula is C25H20ClNO5. The van der Waals surface area contributed by atoms with Gasteiger partial charge in [0, 0.05) is 16.8 Å². The quantitative estimate of drug-likeness (QED) is 0.379. The van der Waals surface area contributed by atoms with E-state index in [4.69, 9.17) is 20.8 Å². The van der Waals surface area contributed by atoms with Gasteiger partial charge in [0.1, 0.15) is 17.4 Å². The fraction of sp³-hybridized carbons (Fsp3) is 0.120. The number of benzene rings is 3. The van der Waals surface area contributed by atoms with Crippen molar-refractivity contribution in [2.75, 3.05) is 0 Å². The molecule has 0 aliphatic rings. The fourth-order valence-corrected chi connectivity index (χ4v) is 3.48. The van der Waals surface area contributed by atoms with Crippen LogP contribution in [0.5, 0.6) is 0 Å². The molecular weight excluding hydrogens is 430 g/mol. The van der Waals surface area contributed by atoms with Crippen LogP contribution in [0, 0.1) is 0 Å². The number of ether oxygens (including phenoxy) is 1. The van der Waals surface area contributed by atoms with Gasteiger partial charge in [0.05, 0.1) is 0 Å². The number of halogens is 1. The minimum Gasteiger partial charge on any atom is -0.480 e. The summed E-state index contributed by atoms with van der Waals surface area (Å²) in [6.07, 6.45) is -0.731. The predicted octanol–water partition coefficient (Wildman–Crippen LogP) is 5.68. The van der Waals surface area contributed by atoms with Crippen molar-refractivity contribution < 1.29 is 23.8 Å². The van der Waals surface area contributed by atoms with Crippen LogP contribution in [0.1, 0.15) is 11.3 Å². The van der Waals surface area contributed by atoms with E-state index in [1.165, 1.54) is 0 Å². The van der Waals surface area contributed by atoms with E-state index >= 15 is 0 Å². The lowest BCUT2D eigenvalue weighted by Gasteiger charge is -2.14. The molecule has 0 aliphatic carbocycles. The topological polar surface area (TPSA) is 88.8 Å². The number of carboxylic acid groups (broad SMARTS) is 1. The third-order valence-corrected chi connectivity index (χ3v) is 5.22. The van der Waals surface area contributed by atoms with Gasteiger partial charge in [-0.15, -0.1) is 0 Å². The molecule has 6 nitrogen and oxygen atoms in total. The Kier molecular flexibility index (Phi) is 6.42. The number of carbonyl (C=O) groups is 2. The number of carboxylic acids is 1. The van der Waals surface area contributed by atoms with E-state index in [2.05, 4.69) is 5.32 Å². The summed E-state index contributed by atoms with van der Waals surface area (Å²) in [5.41, 5.74) is 3.55. The zero-order valence-corrected chi connectivity index (χ0v) is 17.7. The van der Waals surface area contributed by atoms with Crippen molar-refractivity contribution in [3.05, 3.63) is 95.2 Å². The zero-order chi connectivity index (χ0) is 22.5. The van der Waals surface area contributed by atoms with E-state index in [1.807, 2.05) is 48.5 Å². The molecule has 1 atom stereocenters. The Morgan fingerprint density at radius 2 is 1.72 bits per heavy atom. The molecule has 0 radical (unpaired) electrons. The van der Waals surface area contributed by atoms with Gasteiger partial charge in [0.25, 0.3) is 0 Å². The number of hydrogen-bond donors (Lipinski definition) is 2. The SMILES string of the molecule is O=C(NC(Cc1ccc(Cl)cc1)C(=O)O)OCc1cc2cc(-c3ccccc3)ccc2o1. The Hall–Kier alpha value is -3.77. The van der Waals surface area contributed by atoms with Crippen LogP contribution in [-0.4, -0.2) is 23.2 Å². The van der Waals surface area contributed by atoms with Crippen molar-refractivity contribution in [3.8, 4) is 11.1 Å². The molecule has 32 heavy (non-hydrogen) atoms. The van der Waals surface area contributed by atoms with Gasteiger partial charge in [-0.05, 0) is 47.0 Å². The Labute approximate surface area is 189 Å². The first kappa shape index (κ1) is 21.5. The average molecular weight is 450 g/mol. The molecule has 1 amide bonds. The monoisotopic (exact) mass is 449 g/mol. The Morgan fingerprint density at radius 3 is 2.44 bits per heavy atom. The van der Waals surface area contributed by atoms with Crippen LogP contribution in [0.15, 0.2) is 83.3 Å². The van der Waals surface area contributed by atoms with Crippen LogP contribution in [0.25, 0.3) is 22.1 Å². The van der Waals surface area contributed by atoms with Crippen LogP contribution in [-0.2, 0) is 22.6 Å². The summed E-state index contributed by atoms with van der Waals surface area (Å²) in [7, 11) is 0. The summed E-state index contributed by atoms with van der Waals surface area (Å²) < 4.78 is 10.9. The molecule has 0 aliphatic heterocycles. The number of alkyl carbamates (subject to hydrolysis) is 1. The van der Waals surface area contributed by atoms with Gasteiger partial charge in [-0.1, -0.05) is 60.1 Å². The zero-order valence-electron chi connectivity index (χ0n) is 17.0. The predicted molar refractivity (Wildman–Crippen MR) is 122 cm³/mol. The number of furan rings is 1. The highest BCUT2D eigenvalue weighted by molar-refractivity contribution is 6.30. The van der Waals surface area contributed by atoms with E-state index in [1.54, 1.807) is 30.3 Å². The van der Waals surface area contributed by atoms with E-state index < -0.39 is 18.1 Å². The number of fused-ring (bicyclic) bond motifs is 1. The first-order chi connectivity index (χ1) is 15.5. The Balaban J connectivity index is 1.38. The number of carbonyl (C=O) groups excluding carboxylic acids is 1. The van der Waals surface area contributed by atoms with Crippen LogP contribution < -0.4 is 5.32 Å². The highest BCUT2D eigenvalue weighted by Crippen LogP contribution is 2.27. The van der Waals surface area contributed by atoms with Crippen LogP contribution in [0.2, 0.25) is 5.02 Å². The standard InChI is InChI=1S/C25H20ClNO5/c26-20-9-6-16(7-10-20)12-22(24(28)29)27-25(30)31-15-21-14-19-13-18(8-11-23(19)32-21)17-4-2-1-3-5-17/h1-11,13-14,22H,12,15H2,(H,27,30)(H,28,29). The molecule has 7 heteroatoms. The van der Waals surface area contributed by atoms with E-state index in [-0.39, 0.29) is 13.0 Å². The molecule has 1 aromatic heterocycles. The molecule has 0 spiro atoms. The lowest BCUT2D eigenvalue weighted by Crippen LogP contribution is -2.42. The molecule has 1 heterocycles. The van der Waals surface area contributed by atoms with Gasteiger partial charge >= 0.3 is 12.1 Å². The third-order valence-electron chi connectivity index (χ3n) is 4.96. The molecule has 4 aromatic rings. The molecule has 0 fully saturated rings. The van der Waals surface area contributed by atoms with Gasteiger partial charge in [0.2, 0.25) is 0 Å². The second kappa shape index (κ2) is 9.58. The lowest BCUT2D eigenvalue weighted by molar-refractivity contribution is -0.139. The Bertz CT molecular complexity index is 1230. The normalized spacial score (nSPS) is 11.8. The Morgan fingerprint density at radius 1 is 0.969 bits per heavy atom. The summed E-state index contributed by atoms with van der Waals surface area (Å²) in [5.74, 6) is -0.695. The van der Waals surface area contributed by atoms with Crippen molar-refractivity contribution in [2.24, 2.45) is 0 Å². The molecule has 0 saturated heterocycles. The second-order valence-corrected chi connectivity index (χ2v) is 7.71. The molecule has 162 valence electrons. The molecule has 4 rings (SSSR count). The van der Waals surface area contributed by atoms with Gasteiger partial charge < -0.3 is 19.6 Å². The highest BCUT2D eigenvalue weighted by Gasteiger charge is 2.21. The van der Waals surface area contributed by atoms with Crippen LogP contribution in [0.4, 0.5) is 4.79 Å². The highest BCUT2D eigenvalue weighted by atomic mass is 35.5. The van der Waals surface area contributed by atoms with E-state index in [0.717, 1.165) is 22.1 Å². The second-order valence-electron chi connectivity index (χ2n) is 7.27. The lowest BCUT2D eigenvalue weighted by atomic mass is 10.0. The van der Waals surface area contributed by atoms with Crippen molar-refractivity contribution in [1.82, 2.24) is 5.32 Å². The number of nitrogens with one attached hydrogen (secondary N) is 1. The molecule has 0 saturated carbocycles. The average Bonchev–Trinajstić information content (AvgIpc) is 3.21. The summed E-state index contributed by atoms with van der Waals surface area (Å²) in [6.45, 7) is -0.117. The first-order valence-corrected chi connectivity index (χ1v) is 10.3. The van der Waals surface area contributed by atoms with Gasteiger partial charge in [0.15, 0.2) is 6.61 Å². The van der Waals surface area contributed by atoms with Crippen molar-refractivity contribution in [2.45, 2.75) is 19.1 Å². The molecule has 0 bridgehead atoms. The fourth-order valence-electron chi connectivity index (χ4n) is 3.36.